The molecule has 0 radical (unpaired) electrons. The van der Waals surface area contributed by atoms with Crippen molar-refractivity contribution in [1.82, 2.24) is 0 Å². The van der Waals surface area contributed by atoms with Crippen molar-refractivity contribution in [2.45, 2.75) is 0 Å². The van der Waals surface area contributed by atoms with E-state index in [9.17, 15) is 9.59 Å². The highest BCUT2D eigenvalue weighted by atomic mass is 16.3. The van der Waals surface area contributed by atoms with E-state index in [0.29, 0.717) is 16.8 Å². The molecule has 2 rings (SSSR count). The summed E-state index contributed by atoms with van der Waals surface area (Å²) in [5.41, 5.74) is 1.54. The van der Waals surface area contributed by atoms with Crippen molar-refractivity contribution in [2.24, 2.45) is 0 Å². The molecule has 4 nitrogen and oxygen atoms in total. The van der Waals surface area contributed by atoms with Crippen molar-refractivity contribution in [1.29, 1.82) is 0 Å². The van der Waals surface area contributed by atoms with Crippen LogP contribution < -0.4 is 5.32 Å². The Kier molecular flexibility index (Phi) is 2.82. The minimum Gasteiger partial charge on any atom is -0.472 e. The van der Waals surface area contributed by atoms with Crippen LogP contribution in [-0.2, 0) is 0 Å². The van der Waals surface area contributed by atoms with Gasteiger partial charge in [0.25, 0.3) is 5.91 Å². The quantitative estimate of drug-likeness (QED) is 0.799. The fourth-order valence-corrected chi connectivity index (χ4v) is 1.29. The van der Waals surface area contributed by atoms with Gasteiger partial charge in [-0.05, 0) is 18.2 Å². The molecule has 0 fully saturated rings. The van der Waals surface area contributed by atoms with Crippen molar-refractivity contribution in [3.05, 3.63) is 54.0 Å². The molecule has 0 spiro atoms. The second kappa shape index (κ2) is 4.44. The number of aldehydes is 1. The normalized spacial score (nSPS) is 9.75. The summed E-state index contributed by atoms with van der Waals surface area (Å²) in [4.78, 5) is 22.2. The van der Waals surface area contributed by atoms with Crippen molar-refractivity contribution in [3.63, 3.8) is 0 Å². The zero-order chi connectivity index (χ0) is 11.4. The molecule has 1 aromatic carbocycles. The number of hydrogen-bond acceptors (Lipinski definition) is 3. The molecule has 1 aromatic heterocycles. The molecule has 0 unspecified atom stereocenters. The van der Waals surface area contributed by atoms with Gasteiger partial charge in [-0.3, -0.25) is 9.59 Å². The highest BCUT2D eigenvalue weighted by Crippen LogP contribution is 2.11. The summed E-state index contributed by atoms with van der Waals surface area (Å²) < 4.78 is 4.80. The number of hydrogen-bond donors (Lipinski definition) is 1. The van der Waals surface area contributed by atoms with Crippen LogP contribution in [0.3, 0.4) is 0 Å². The average Bonchev–Trinajstić information content (AvgIpc) is 2.83. The molecule has 0 bridgehead atoms. The number of benzene rings is 1. The predicted molar refractivity (Wildman–Crippen MR) is 58.5 cm³/mol. The molecule has 80 valence electrons. The molecule has 0 aliphatic heterocycles. The fourth-order valence-electron chi connectivity index (χ4n) is 1.29. The number of rotatable bonds is 3. The molecule has 1 N–H and O–H groups in total. The molecule has 1 heterocycles. The monoisotopic (exact) mass is 215 g/mol. The molecule has 4 heteroatoms. The number of amides is 1. The van der Waals surface area contributed by atoms with Crippen LogP contribution in [0.5, 0.6) is 0 Å². The molecular weight excluding hydrogens is 206 g/mol. The molecule has 2 aromatic rings. The van der Waals surface area contributed by atoms with Crippen LogP contribution in [0.1, 0.15) is 20.7 Å². The van der Waals surface area contributed by atoms with Crippen LogP contribution in [0.4, 0.5) is 5.69 Å². The van der Waals surface area contributed by atoms with E-state index >= 15 is 0 Å². The van der Waals surface area contributed by atoms with Gasteiger partial charge >= 0.3 is 0 Å². The van der Waals surface area contributed by atoms with E-state index in [2.05, 4.69) is 5.32 Å². The van der Waals surface area contributed by atoms with Gasteiger partial charge in [-0.1, -0.05) is 12.1 Å². The molecular formula is C12H9NO3. The molecule has 0 aliphatic carbocycles. The zero-order valence-corrected chi connectivity index (χ0v) is 8.34. The Bertz CT molecular complexity index is 503. The van der Waals surface area contributed by atoms with Gasteiger partial charge in [0, 0.05) is 11.3 Å². The zero-order valence-electron chi connectivity index (χ0n) is 8.34. The number of nitrogens with one attached hydrogen (secondary N) is 1. The van der Waals surface area contributed by atoms with Crippen LogP contribution in [0.25, 0.3) is 0 Å². The smallest absolute Gasteiger partial charge is 0.258 e. The van der Waals surface area contributed by atoms with E-state index in [0.717, 1.165) is 6.29 Å². The van der Waals surface area contributed by atoms with E-state index in [1.807, 2.05) is 0 Å². The van der Waals surface area contributed by atoms with E-state index in [1.54, 1.807) is 30.3 Å². The van der Waals surface area contributed by atoms with E-state index in [4.69, 9.17) is 4.42 Å². The van der Waals surface area contributed by atoms with Gasteiger partial charge in [-0.25, -0.2) is 0 Å². The van der Waals surface area contributed by atoms with E-state index in [-0.39, 0.29) is 5.91 Å². The van der Waals surface area contributed by atoms with Crippen LogP contribution in [-0.4, -0.2) is 12.2 Å². The van der Waals surface area contributed by atoms with Gasteiger partial charge in [0.2, 0.25) is 0 Å². The lowest BCUT2D eigenvalue weighted by Gasteiger charge is -2.03. The number of furan rings is 1. The summed E-state index contributed by atoms with van der Waals surface area (Å²) in [5.74, 6) is -0.267. The molecule has 16 heavy (non-hydrogen) atoms. The summed E-state index contributed by atoms with van der Waals surface area (Å²) >= 11 is 0. The second-order valence-electron chi connectivity index (χ2n) is 3.21. The molecule has 0 saturated carbocycles. The Balaban J connectivity index is 2.15. The minimum atomic E-state index is -0.267. The van der Waals surface area contributed by atoms with E-state index < -0.39 is 0 Å². The SMILES string of the molecule is O=Cc1cccc(NC(=O)c2ccoc2)c1. The van der Waals surface area contributed by atoms with Crippen LogP contribution >= 0.6 is 0 Å². The fraction of sp³-hybridized carbons (Fsp3) is 0. The number of carbonyl (C=O) groups is 2. The van der Waals surface area contributed by atoms with Gasteiger partial charge in [-0.2, -0.15) is 0 Å². The Morgan fingerprint density at radius 1 is 1.31 bits per heavy atom. The van der Waals surface area contributed by atoms with Crippen LogP contribution in [0.2, 0.25) is 0 Å². The summed E-state index contributed by atoms with van der Waals surface area (Å²) in [6.07, 6.45) is 3.52. The summed E-state index contributed by atoms with van der Waals surface area (Å²) in [6.45, 7) is 0. The van der Waals surface area contributed by atoms with Gasteiger partial charge in [-0.15, -0.1) is 0 Å². The van der Waals surface area contributed by atoms with Crippen molar-refractivity contribution in [2.75, 3.05) is 5.32 Å². The third kappa shape index (κ3) is 2.17. The lowest BCUT2D eigenvalue weighted by molar-refractivity contribution is 0.102. The van der Waals surface area contributed by atoms with Crippen molar-refractivity contribution in [3.8, 4) is 0 Å². The average molecular weight is 215 g/mol. The standard InChI is InChI=1S/C12H9NO3/c14-7-9-2-1-3-11(6-9)13-12(15)10-4-5-16-8-10/h1-8H,(H,13,15). The van der Waals surface area contributed by atoms with E-state index in [1.165, 1.54) is 12.5 Å². The van der Waals surface area contributed by atoms with Crippen LogP contribution in [0.15, 0.2) is 47.3 Å². The first-order valence-electron chi connectivity index (χ1n) is 4.68. The lowest BCUT2D eigenvalue weighted by Crippen LogP contribution is -2.10. The van der Waals surface area contributed by atoms with Crippen molar-refractivity contribution >= 4 is 17.9 Å². The summed E-state index contributed by atoms with van der Waals surface area (Å²) in [7, 11) is 0. The Labute approximate surface area is 91.9 Å². The molecule has 0 saturated heterocycles. The Morgan fingerprint density at radius 2 is 2.19 bits per heavy atom. The third-order valence-corrected chi connectivity index (χ3v) is 2.06. The Morgan fingerprint density at radius 3 is 2.88 bits per heavy atom. The summed E-state index contributed by atoms with van der Waals surface area (Å²) in [6, 6.07) is 8.25. The highest BCUT2D eigenvalue weighted by molar-refractivity contribution is 6.04. The maximum atomic E-state index is 11.6. The topological polar surface area (TPSA) is 59.3 Å². The predicted octanol–water partition coefficient (Wildman–Crippen LogP) is 2.34. The van der Waals surface area contributed by atoms with Gasteiger partial charge < -0.3 is 9.73 Å². The number of anilines is 1. The first-order valence-corrected chi connectivity index (χ1v) is 4.68. The maximum Gasteiger partial charge on any atom is 0.258 e. The Hall–Kier alpha value is -2.36. The second-order valence-corrected chi connectivity index (χ2v) is 3.21. The lowest BCUT2D eigenvalue weighted by atomic mass is 10.2. The molecule has 0 atom stereocenters. The molecule has 1 amide bonds. The highest BCUT2D eigenvalue weighted by Gasteiger charge is 2.06. The van der Waals surface area contributed by atoms with Crippen LogP contribution in [0, 0.1) is 0 Å². The first-order chi connectivity index (χ1) is 7.79. The third-order valence-electron chi connectivity index (χ3n) is 2.06. The first kappa shape index (κ1) is 10.2. The largest absolute Gasteiger partial charge is 0.472 e. The van der Waals surface area contributed by atoms with Gasteiger partial charge in [0.15, 0.2) is 0 Å². The van der Waals surface area contributed by atoms with Crippen molar-refractivity contribution < 1.29 is 14.0 Å². The van der Waals surface area contributed by atoms with Gasteiger partial charge in [0.1, 0.15) is 12.5 Å². The minimum absolute atomic E-state index is 0.267. The number of carbonyl (C=O) groups excluding carboxylic acids is 2. The van der Waals surface area contributed by atoms with Gasteiger partial charge in [0.05, 0.1) is 11.8 Å². The molecule has 0 aliphatic rings. The maximum absolute atomic E-state index is 11.6. The summed E-state index contributed by atoms with van der Waals surface area (Å²) in [5, 5.41) is 2.66.